The zero-order valence-corrected chi connectivity index (χ0v) is 12.5. The Morgan fingerprint density at radius 3 is 3.00 bits per heavy atom. The lowest BCUT2D eigenvalue weighted by atomic mass is 9.84. The van der Waals surface area contributed by atoms with Gasteiger partial charge < -0.3 is 9.64 Å². The molecule has 0 radical (unpaired) electrons. The minimum absolute atomic E-state index is 0.0136. The van der Waals surface area contributed by atoms with E-state index in [4.69, 9.17) is 4.74 Å². The Kier molecular flexibility index (Phi) is 3.98. The second kappa shape index (κ2) is 5.76. The number of hydrogen-bond donors (Lipinski definition) is 0. The molecule has 1 spiro atoms. The minimum Gasteiger partial charge on any atom is -0.486 e. The van der Waals surface area contributed by atoms with Crippen molar-refractivity contribution in [2.45, 2.75) is 44.6 Å². The number of hydrogen-bond acceptors (Lipinski definition) is 3. The largest absolute Gasteiger partial charge is 0.486 e. The number of fused-ring (bicyclic) bond motifs is 1. The van der Waals surface area contributed by atoms with Gasteiger partial charge in [0.05, 0.1) is 12.0 Å². The minimum atomic E-state index is -0.385. The number of nitrogens with zero attached hydrogens (tertiary/aromatic N) is 1. The highest BCUT2D eigenvalue weighted by molar-refractivity contribution is 6.00. The van der Waals surface area contributed by atoms with Gasteiger partial charge >= 0.3 is 0 Å². The van der Waals surface area contributed by atoms with Gasteiger partial charge in [0.25, 0.3) is 0 Å². The van der Waals surface area contributed by atoms with Crippen LogP contribution in [0.1, 0.15) is 49.4 Å². The van der Waals surface area contributed by atoms with Gasteiger partial charge in [0.15, 0.2) is 5.78 Å². The average molecular weight is 291 g/mol. The molecule has 0 saturated carbocycles. The zero-order valence-electron chi connectivity index (χ0n) is 12.5. The van der Waals surface area contributed by atoms with Crippen LogP contribution in [-0.4, -0.2) is 35.9 Å². The number of Topliss-reactive ketones (excluding diaryl/α,β-unsaturated/α-hetero) is 1. The average Bonchev–Trinajstić information content (AvgIpc) is 2.64. The van der Waals surface area contributed by atoms with Gasteiger partial charge in [-0.15, -0.1) is 0 Å². The Hall–Kier alpha value is -1.42. The molecular weight excluding hydrogens is 269 g/mol. The van der Waals surface area contributed by atoms with E-state index in [9.17, 15) is 9.18 Å². The molecule has 1 aromatic rings. The van der Waals surface area contributed by atoms with Crippen molar-refractivity contribution in [1.82, 2.24) is 4.90 Å². The molecule has 1 fully saturated rings. The molecule has 0 bridgehead atoms. The third kappa shape index (κ3) is 2.95. The first-order valence-corrected chi connectivity index (χ1v) is 7.86. The van der Waals surface area contributed by atoms with Crippen molar-refractivity contribution >= 4 is 5.78 Å². The van der Waals surface area contributed by atoms with Crippen LogP contribution in [0.25, 0.3) is 0 Å². The molecule has 3 nitrogen and oxygen atoms in total. The molecule has 0 aromatic heterocycles. The summed E-state index contributed by atoms with van der Waals surface area (Å²) in [6.07, 6.45) is 4.34. The number of carbonyl (C=O) groups is 1. The fourth-order valence-corrected chi connectivity index (χ4v) is 3.51. The lowest BCUT2D eigenvalue weighted by Gasteiger charge is -2.37. The van der Waals surface area contributed by atoms with E-state index in [1.807, 2.05) is 0 Å². The third-order valence-corrected chi connectivity index (χ3v) is 4.58. The van der Waals surface area contributed by atoms with Crippen LogP contribution in [0.4, 0.5) is 4.39 Å². The van der Waals surface area contributed by atoms with Crippen molar-refractivity contribution in [2.75, 3.05) is 19.6 Å². The van der Waals surface area contributed by atoms with E-state index < -0.39 is 0 Å². The first kappa shape index (κ1) is 14.5. The summed E-state index contributed by atoms with van der Waals surface area (Å²) in [5.74, 6) is 0.188. The highest BCUT2D eigenvalue weighted by atomic mass is 19.1. The zero-order chi connectivity index (χ0) is 14.9. The molecule has 2 aliphatic heterocycles. The Labute approximate surface area is 125 Å². The highest BCUT2D eigenvalue weighted by Gasteiger charge is 2.41. The van der Waals surface area contributed by atoms with Crippen LogP contribution in [0.15, 0.2) is 18.2 Å². The van der Waals surface area contributed by atoms with Crippen LogP contribution in [0.3, 0.4) is 0 Å². The molecule has 1 aromatic carbocycles. The molecule has 0 aliphatic carbocycles. The maximum atomic E-state index is 13.3. The molecule has 21 heavy (non-hydrogen) atoms. The molecular formula is C17H22FNO2. The summed E-state index contributed by atoms with van der Waals surface area (Å²) in [6, 6.07) is 4.26. The van der Waals surface area contributed by atoms with Gasteiger partial charge in [0, 0.05) is 13.0 Å². The SMILES string of the molecule is CCCN1CCCC2(CC1)CC(=O)c1cc(F)ccc1O2. The third-order valence-electron chi connectivity index (χ3n) is 4.58. The lowest BCUT2D eigenvalue weighted by molar-refractivity contribution is 0.0299. The van der Waals surface area contributed by atoms with Gasteiger partial charge in [0.2, 0.25) is 0 Å². The quantitative estimate of drug-likeness (QED) is 0.836. The predicted molar refractivity (Wildman–Crippen MR) is 79.3 cm³/mol. The summed E-state index contributed by atoms with van der Waals surface area (Å²) in [6.45, 7) is 5.33. The van der Waals surface area contributed by atoms with E-state index in [2.05, 4.69) is 11.8 Å². The summed E-state index contributed by atoms with van der Waals surface area (Å²) < 4.78 is 19.5. The fraction of sp³-hybridized carbons (Fsp3) is 0.588. The fourth-order valence-electron chi connectivity index (χ4n) is 3.51. The first-order valence-electron chi connectivity index (χ1n) is 7.86. The Morgan fingerprint density at radius 2 is 2.19 bits per heavy atom. The molecule has 3 rings (SSSR count). The molecule has 2 heterocycles. The lowest BCUT2D eigenvalue weighted by Crippen LogP contribution is -2.43. The monoisotopic (exact) mass is 291 g/mol. The normalized spacial score (nSPS) is 26.3. The van der Waals surface area contributed by atoms with Gasteiger partial charge in [-0.3, -0.25) is 4.79 Å². The number of rotatable bonds is 2. The molecule has 1 saturated heterocycles. The van der Waals surface area contributed by atoms with Crippen molar-refractivity contribution in [3.8, 4) is 5.75 Å². The van der Waals surface area contributed by atoms with Crippen molar-refractivity contribution in [1.29, 1.82) is 0 Å². The van der Waals surface area contributed by atoms with Crippen LogP contribution in [0.5, 0.6) is 5.75 Å². The van der Waals surface area contributed by atoms with Crippen LogP contribution < -0.4 is 4.74 Å². The Balaban J connectivity index is 1.81. The maximum absolute atomic E-state index is 13.3. The van der Waals surface area contributed by atoms with E-state index in [1.165, 1.54) is 12.1 Å². The second-order valence-corrected chi connectivity index (χ2v) is 6.22. The van der Waals surface area contributed by atoms with Gasteiger partial charge in [-0.1, -0.05) is 6.92 Å². The summed E-state index contributed by atoms with van der Waals surface area (Å²) in [7, 11) is 0. The molecule has 0 amide bonds. The van der Waals surface area contributed by atoms with Crippen molar-refractivity contribution in [2.24, 2.45) is 0 Å². The van der Waals surface area contributed by atoms with Crippen LogP contribution >= 0.6 is 0 Å². The molecule has 114 valence electrons. The first-order chi connectivity index (χ1) is 10.1. The van der Waals surface area contributed by atoms with Crippen molar-refractivity contribution < 1.29 is 13.9 Å². The van der Waals surface area contributed by atoms with Crippen LogP contribution in [0, 0.1) is 5.82 Å². The smallest absolute Gasteiger partial charge is 0.170 e. The molecule has 0 N–H and O–H groups in total. The second-order valence-electron chi connectivity index (χ2n) is 6.22. The van der Waals surface area contributed by atoms with E-state index in [0.29, 0.717) is 17.7 Å². The Bertz CT molecular complexity index is 546. The number of ether oxygens (including phenoxy) is 1. The number of halogens is 1. The summed E-state index contributed by atoms with van der Waals surface area (Å²) in [5, 5.41) is 0. The van der Waals surface area contributed by atoms with Crippen LogP contribution in [0.2, 0.25) is 0 Å². The molecule has 4 heteroatoms. The van der Waals surface area contributed by atoms with E-state index in [0.717, 1.165) is 45.3 Å². The summed E-state index contributed by atoms with van der Waals surface area (Å²) in [4.78, 5) is 14.8. The van der Waals surface area contributed by atoms with E-state index >= 15 is 0 Å². The van der Waals surface area contributed by atoms with E-state index in [1.54, 1.807) is 6.07 Å². The summed E-state index contributed by atoms with van der Waals surface area (Å²) >= 11 is 0. The van der Waals surface area contributed by atoms with Crippen molar-refractivity contribution in [3.05, 3.63) is 29.6 Å². The highest BCUT2D eigenvalue weighted by Crippen LogP contribution is 2.39. The molecule has 1 atom stereocenters. The number of ketones is 1. The summed E-state index contributed by atoms with van der Waals surface area (Å²) in [5.41, 5.74) is 0.0139. The topological polar surface area (TPSA) is 29.5 Å². The molecule has 1 unspecified atom stereocenters. The number of carbonyl (C=O) groups excluding carboxylic acids is 1. The van der Waals surface area contributed by atoms with E-state index in [-0.39, 0.29) is 17.2 Å². The van der Waals surface area contributed by atoms with Crippen molar-refractivity contribution in [3.63, 3.8) is 0 Å². The Morgan fingerprint density at radius 1 is 1.33 bits per heavy atom. The van der Waals surface area contributed by atoms with Gasteiger partial charge in [-0.25, -0.2) is 4.39 Å². The van der Waals surface area contributed by atoms with Gasteiger partial charge in [-0.2, -0.15) is 0 Å². The number of benzene rings is 1. The number of likely N-dealkylation sites (tertiary alicyclic amines) is 1. The van der Waals surface area contributed by atoms with Gasteiger partial charge in [0.1, 0.15) is 17.2 Å². The maximum Gasteiger partial charge on any atom is 0.170 e. The standard InChI is InChI=1S/C17H22FNO2/c1-2-8-19-9-3-6-17(7-10-19)12-15(20)14-11-13(18)4-5-16(14)21-17/h4-5,11H,2-3,6-10,12H2,1H3. The predicted octanol–water partition coefficient (Wildman–Crippen LogP) is 3.43. The van der Waals surface area contributed by atoms with Crippen LogP contribution in [-0.2, 0) is 0 Å². The molecule has 2 aliphatic rings. The van der Waals surface area contributed by atoms with Gasteiger partial charge in [-0.05, 0) is 50.6 Å².